The molecule has 108 valence electrons. The highest BCUT2D eigenvalue weighted by molar-refractivity contribution is 9.10. The van der Waals surface area contributed by atoms with E-state index in [9.17, 15) is 8.78 Å². The molecule has 0 saturated carbocycles. The predicted molar refractivity (Wildman–Crippen MR) is 83.3 cm³/mol. The minimum atomic E-state index is -0.729. The van der Waals surface area contributed by atoms with E-state index < -0.39 is 11.6 Å². The molecule has 2 aromatic carbocycles. The molecular weight excluding hydrogens is 385 g/mol. The Labute approximate surface area is 137 Å². The molecule has 0 fully saturated rings. The van der Waals surface area contributed by atoms with Crippen molar-refractivity contribution in [1.29, 1.82) is 0 Å². The van der Waals surface area contributed by atoms with Crippen LogP contribution in [0.1, 0.15) is 5.82 Å². The van der Waals surface area contributed by atoms with Gasteiger partial charge in [-0.05, 0) is 24.3 Å². The fourth-order valence-corrected chi connectivity index (χ4v) is 3.05. The number of halogens is 5. The SMILES string of the molecule is Fc1cc(Br)cc(F)c1-n1c(CCl)nc2cccc(Cl)c21. The van der Waals surface area contributed by atoms with Crippen LogP contribution in [0.2, 0.25) is 5.02 Å². The summed E-state index contributed by atoms with van der Waals surface area (Å²) in [6.07, 6.45) is 0. The number of fused-ring (bicyclic) bond motifs is 1. The minimum absolute atomic E-state index is 0.0000468. The van der Waals surface area contributed by atoms with Crippen LogP contribution in [0.15, 0.2) is 34.8 Å². The number of hydrogen-bond acceptors (Lipinski definition) is 1. The van der Waals surface area contributed by atoms with Gasteiger partial charge in [-0.3, -0.25) is 4.57 Å². The number of alkyl halides is 1. The van der Waals surface area contributed by atoms with Crippen LogP contribution < -0.4 is 0 Å². The third-order valence-electron chi connectivity index (χ3n) is 3.02. The summed E-state index contributed by atoms with van der Waals surface area (Å²) in [6, 6.07) is 7.42. The standard InChI is InChI=1S/C14H7BrCl2F2N2/c15-7-4-9(18)14(10(19)5-7)21-12(6-16)20-11-3-1-2-8(17)13(11)21/h1-5H,6H2. The zero-order valence-electron chi connectivity index (χ0n) is 10.4. The Morgan fingerprint density at radius 1 is 1.19 bits per heavy atom. The fraction of sp³-hybridized carbons (Fsp3) is 0.0714. The van der Waals surface area contributed by atoms with Gasteiger partial charge in [0.05, 0.1) is 21.9 Å². The highest BCUT2D eigenvalue weighted by Crippen LogP contribution is 2.32. The van der Waals surface area contributed by atoms with Crippen LogP contribution in [0.4, 0.5) is 8.78 Å². The Morgan fingerprint density at radius 2 is 1.86 bits per heavy atom. The average Bonchev–Trinajstić information content (AvgIpc) is 2.78. The second-order valence-corrected chi connectivity index (χ2v) is 5.91. The van der Waals surface area contributed by atoms with Crippen molar-refractivity contribution in [2.24, 2.45) is 0 Å². The molecule has 1 heterocycles. The number of benzene rings is 2. The number of imidazole rings is 1. The first-order chi connectivity index (χ1) is 10.0. The van der Waals surface area contributed by atoms with Gasteiger partial charge in [0.1, 0.15) is 11.5 Å². The van der Waals surface area contributed by atoms with Gasteiger partial charge in [0.15, 0.2) is 11.6 Å². The van der Waals surface area contributed by atoms with E-state index in [1.165, 1.54) is 16.7 Å². The monoisotopic (exact) mass is 390 g/mol. The Hall–Kier alpha value is -1.17. The van der Waals surface area contributed by atoms with Crippen molar-refractivity contribution in [3.8, 4) is 5.69 Å². The second-order valence-electron chi connectivity index (χ2n) is 4.32. The lowest BCUT2D eigenvalue weighted by Crippen LogP contribution is -2.05. The molecule has 0 unspecified atom stereocenters. The van der Waals surface area contributed by atoms with Gasteiger partial charge in [-0.25, -0.2) is 13.8 Å². The van der Waals surface area contributed by atoms with E-state index in [0.29, 0.717) is 26.4 Å². The summed E-state index contributed by atoms with van der Waals surface area (Å²) < 4.78 is 30.1. The van der Waals surface area contributed by atoms with E-state index in [0.717, 1.165) is 0 Å². The maximum atomic E-state index is 14.2. The molecule has 0 N–H and O–H groups in total. The molecule has 1 aromatic heterocycles. The molecule has 0 saturated heterocycles. The van der Waals surface area contributed by atoms with Crippen LogP contribution in [0.5, 0.6) is 0 Å². The summed E-state index contributed by atoms with van der Waals surface area (Å²) in [4.78, 5) is 4.27. The molecule has 21 heavy (non-hydrogen) atoms. The Kier molecular flexibility index (Phi) is 3.90. The van der Waals surface area contributed by atoms with Gasteiger partial charge >= 0.3 is 0 Å². The smallest absolute Gasteiger partial charge is 0.151 e. The molecule has 7 heteroatoms. The van der Waals surface area contributed by atoms with Gasteiger partial charge in [0.2, 0.25) is 0 Å². The van der Waals surface area contributed by atoms with E-state index in [2.05, 4.69) is 20.9 Å². The predicted octanol–water partition coefficient (Wildman–Crippen LogP) is 5.46. The van der Waals surface area contributed by atoms with E-state index in [1.54, 1.807) is 18.2 Å². The Morgan fingerprint density at radius 3 is 2.48 bits per heavy atom. The van der Waals surface area contributed by atoms with Gasteiger partial charge in [-0.2, -0.15) is 0 Å². The first kappa shape index (κ1) is 14.8. The van der Waals surface area contributed by atoms with Gasteiger partial charge in [0, 0.05) is 4.47 Å². The second kappa shape index (κ2) is 5.55. The maximum Gasteiger partial charge on any atom is 0.151 e. The van der Waals surface area contributed by atoms with Crippen molar-refractivity contribution in [2.75, 3.05) is 0 Å². The highest BCUT2D eigenvalue weighted by Gasteiger charge is 2.20. The molecular formula is C14H7BrCl2F2N2. The lowest BCUT2D eigenvalue weighted by atomic mass is 10.2. The first-order valence-electron chi connectivity index (χ1n) is 5.89. The molecule has 0 spiro atoms. The van der Waals surface area contributed by atoms with Crippen LogP contribution in [0.3, 0.4) is 0 Å². The van der Waals surface area contributed by atoms with Crippen molar-refractivity contribution < 1.29 is 8.78 Å². The van der Waals surface area contributed by atoms with E-state index in [1.807, 2.05) is 0 Å². The number of hydrogen-bond donors (Lipinski definition) is 0. The zero-order chi connectivity index (χ0) is 15.1. The lowest BCUT2D eigenvalue weighted by molar-refractivity contribution is 0.567. The summed E-state index contributed by atoms with van der Waals surface area (Å²) in [5.41, 5.74) is 0.708. The Balaban J connectivity index is 2.45. The van der Waals surface area contributed by atoms with Gasteiger partial charge in [-0.1, -0.05) is 33.6 Å². The maximum absolute atomic E-state index is 14.2. The molecule has 0 atom stereocenters. The summed E-state index contributed by atoms with van der Waals surface area (Å²) in [5, 5.41) is 0.345. The van der Waals surface area contributed by atoms with Crippen molar-refractivity contribution >= 4 is 50.2 Å². The normalized spacial score (nSPS) is 11.3. The van der Waals surface area contributed by atoms with E-state index in [4.69, 9.17) is 23.2 Å². The summed E-state index contributed by atoms with van der Waals surface area (Å²) in [6.45, 7) is 0. The van der Waals surface area contributed by atoms with Gasteiger partial charge in [0.25, 0.3) is 0 Å². The molecule has 3 aromatic rings. The van der Waals surface area contributed by atoms with E-state index in [-0.39, 0.29) is 11.6 Å². The first-order valence-corrected chi connectivity index (χ1v) is 7.60. The third-order valence-corrected chi connectivity index (χ3v) is 4.02. The van der Waals surface area contributed by atoms with Crippen LogP contribution in [-0.2, 0) is 5.88 Å². The minimum Gasteiger partial charge on any atom is -0.288 e. The number of nitrogens with zero attached hydrogens (tertiary/aromatic N) is 2. The molecule has 2 nitrogen and oxygen atoms in total. The lowest BCUT2D eigenvalue weighted by Gasteiger charge is -2.11. The quantitative estimate of drug-likeness (QED) is 0.530. The molecule has 0 aliphatic rings. The number of rotatable bonds is 2. The van der Waals surface area contributed by atoms with Crippen molar-refractivity contribution in [2.45, 2.75) is 5.88 Å². The number of para-hydroxylation sites is 1. The van der Waals surface area contributed by atoms with Crippen molar-refractivity contribution in [3.63, 3.8) is 0 Å². The third kappa shape index (κ3) is 2.43. The van der Waals surface area contributed by atoms with Gasteiger partial charge < -0.3 is 0 Å². The van der Waals surface area contributed by atoms with Crippen LogP contribution >= 0.6 is 39.1 Å². The summed E-state index contributed by atoms with van der Waals surface area (Å²) in [5.74, 6) is -1.14. The largest absolute Gasteiger partial charge is 0.288 e. The van der Waals surface area contributed by atoms with Gasteiger partial charge in [-0.15, -0.1) is 11.6 Å². The molecule has 0 aliphatic carbocycles. The van der Waals surface area contributed by atoms with Crippen LogP contribution in [-0.4, -0.2) is 9.55 Å². The highest BCUT2D eigenvalue weighted by atomic mass is 79.9. The molecule has 0 bridgehead atoms. The topological polar surface area (TPSA) is 17.8 Å². The Bertz CT molecular complexity index is 825. The molecule has 0 amide bonds. The molecule has 3 rings (SSSR count). The van der Waals surface area contributed by atoms with E-state index >= 15 is 0 Å². The van der Waals surface area contributed by atoms with Crippen LogP contribution in [0.25, 0.3) is 16.7 Å². The van der Waals surface area contributed by atoms with Crippen molar-refractivity contribution in [1.82, 2.24) is 9.55 Å². The molecule has 0 radical (unpaired) electrons. The average molecular weight is 392 g/mol. The number of aromatic nitrogens is 2. The van der Waals surface area contributed by atoms with Crippen LogP contribution in [0, 0.1) is 11.6 Å². The summed E-state index contributed by atoms with van der Waals surface area (Å²) >= 11 is 15.1. The van der Waals surface area contributed by atoms with Crippen molar-refractivity contribution in [3.05, 3.63) is 57.3 Å². The zero-order valence-corrected chi connectivity index (χ0v) is 13.5. The fourth-order valence-electron chi connectivity index (χ4n) is 2.21. The summed E-state index contributed by atoms with van der Waals surface area (Å²) in [7, 11) is 0. The molecule has 0 aliphatic heterocycles.